The quantitative estimate of drug-likeness (QED) is 0.790. The molecular weight excluding hydrogens is 330 g/mol. The van der Waals surface area contributed by atoms with Crippen molar-refractivity contribution in [3.05, 3.63) is 17.0 Å². The van der Waals surface area contributed by atoms with Gasteiger partial charge in [0, 0.05) is 25.0 Å². The van der Waals surface area contributed by atoms with Gasteiger partial charge in [0.05, 0.1) is 5.00 Å². The minimum atomic E-state index is -3.91. The number of hydrogen-bond donors (Lipinski definition) is 1. The number of aryl methyl sites for hydroxylation is 1. The van der Waals surface area contributed by atoms with Crippen LogP contribution in [0.15, 0.2) is 12.1 Å². The molecule has 22 heavy (non-hydrogen) atoms. The number of nitrogens with one attached hydrogen (secondary N) is 1. The van der Waals surface area contributed by atoms with E-state index < -0.39 is 22.8 Å². The highest BCUT2D eigenvalue weighted by Gasteiger charge is 2.29. The van der Waals surface area contributed by atoms with Crippen LogP contribution in [0.25, 0.3) is 0 Å². The van der Waals surface area contributed by atoms with E-state index in [0.29, 0.717) is 13.1 Å². The summed E-state index contributed by atoms with van der Waals surface area (Å²) < 4.78 is 28.7. The van der Waals surface area contributed by atoms with E-state index in [9.17, 15) is 18.0 Å². The fourth-order valence-electron chi connectivity index (χ4n) is 1.96. The third kappa shape index (κ3) is 4.03. The van der Waals surface area contributed by atoms with Crippen LogP contribution in [-0.2, 0) is 24.1 Å². The lowest BCUT2D eigenvalue weighted by molar-refractivity contribution is -0.138. The normalized spacial score (nSPS) is 16.2. The second kappa shape index (κ2) is 6.73. The summed E-state index contributed by atoms with van der Waals surface area (Å²) in [4.78, 5) is 28.1. The molecule has 1 aliphatic heterocycles. The molecule has 1 fully saturated rings. The average Bonchev–Trinajstić information content (AvgIpc) is 2.91. The number of hydrogen-bond acceptors (Lipinski definition) is 6. The van der Waals surface area contributed by atoms with Crippen LogP contribution in [0.2, 0.25) is 0 Å². The van der Waals surface area contributed by atoms with Crippen molar-refractivity contribution in [2.75, 3.05) is 38.2 Å². The SMILES string of the molecule is CNS(=O)(=O)OCC(=O)N1CCN(c2ccc(C)s2)C(=O)C1. The van der Waals surface area contributed by atoms with Crippen LogP contribution in [0.3, 0.4) is 0 Å². The van der Waals surface area contributed by atoms with Gasteiger partial charge in [0.15, 0.2) is 0 Å². The molecule has 122 valence electrons. The zero-order valence-corrected chi connectivity index (χ0v) is 13.9. The molecule has 2 amide bonds. The van der Waals surface area contributed by atoms with E-state index in [4.69, 9.17) is 0 Å². The van der Waals surface area contributed by atoms with Gasteiger partial charge in [0.1, 0.15) is 13.2 Å². The predicted octanol–water partition coefficient (Wildman–Crippen LogP) is -0.287. The molecule has 0 aliphatic carbocycles. The van der Waals surface area contributed by atoms with E-state index in [1.807, 2.05) is 23.8 Å². The molecule has 1 aliphatic rings. The molecule has 2 heterocycles. The first-order valence-electron chi connectivity index (χ1n) is 6.55. The van der Waals surface area contributed by atoms with Gasteiger partial charge >= 0.3 is 10.3 Å². The van der Waals surface area contributed by atoms with Crippen molar-refractivity contribution in [1.82, 2.24) is 9.62 Å². The van der Waals surface area contributed by atoms with Crippen molar-refractivity contribution >= 4 is 38.5 Å². The van der Waals surface area contributed by atoms with Crippen molar-refractivity contribution in [3.8, 4) is 0 Å². The number of piperazine rings is 1. The van der Waals surface area contributed by atoms with Crippen LogP contribution in [0.1, 0.15) is 4.88 Å². The Balaban J connectivity index is 1.92. The van der Waals surface area contributed by atoms with Gasteiger partial charge in [0.25, 0.3) is 5.91 Å². The van der Waals surface area contributed by atoms with Gasteiger partial charge in [0.2, 0.25) is 5.91 Å². The number of nitrogens with zero attached hydrogens (tertiary/aromatic N) is 2. The summed E-state index contributed by atoms with van der Waals surface area (Å²) in [5.41, 5.74) is 0. The van der Waals surface area contributed by atoms with Gasteiger partial charge in [-0.2, -0.15) is 13.1 Å². The van der Waals surface area contributed by atoms with Gasteiger partial charge in [-0.3, -0.25) is 9.59 Å². The number of carbonyl (C=O) groups is 2. The Morgan fingerprint density at radius 1 is 1.41 bits per heavy atom. The highest BCUT2D eigenvalue weighted by molar-refractivity contribution is 7.84. The topological polar surface area (TPSA) is 96.0 Å². The Bertz CT molecular complexity index is 670. The number of carbonyl (C=O) groups excluding carboxylic acids is 2. The third-order valence-corrected chi connectivity index (χ3v) is 5.10. The van der Waals surface area contributed by atoms with Crippen LogP contribution < -0.4 is 9.62 Å². The monoisotopic (exact) mass is 347 g/mol. The smallest absolute Gasteiger partial charge is 0.330 e. The zero-order chi connectivity index (χ0) is 16.3. The first-order valence-corrected chi connectivity index (χ1v) is 8.77. The fourth-order valence-corrected chi connectivity index (χ4v) is 3.24. The van der Waals surface area contributed by atoms with E-state index in [0.717, 1.165) is 9.88 Å². The minimum absolute atomic E-state index is 0.0846. The van der Waals surface area contributed by atoms with E-state index >= 15 is 0 Å². The van der Waals surface area contributed by atoms with Crippen LogP contribution >= 0.6 is 11.3 Å². The summed E-state index contributed by atoms with van der Waals surface area (Å²) in [6.07, 6.45) is 0. The average molecular weight is 347 g/mol. The molecule has 1 N–H and O–H groups in total. The molecule has 0 radical (unpaired) electrons. The number of thiophene rings is 1. The molecule has 0 atom stereocenters. The maximum atomic E-state index is 12.1. The lowest BCUT2D eigenvalue weighted by Crippen LogP contribution is -2.53. The fraction of sp³-hybridized carbons (Fsp3) is 0.500. The molecule has 0 aromatic carbocycles. The molecule has 0 unspecified atom stereocenters. The number of rotatable bonds is 5. The highest BCUT2D eigenvalue weighted by Crippen LogP contribution is 2.26. The number of amides is 2. The summed E-state index contributed by atoms with van der Waals surface area (Å²) in [6, 6.07) is 3.80. The molecule has 1 saturated heterocycles. The van der Waals surface area contributed by atoms with E-state index in [1.165, 1.54) is 23.3 Å². The summed E-state index contributed by atoms with van der Waals surface area (Å²) in [7, 11) is -2.72. The first-order chi connectivity index (χ1) is 10.3. The largest absolute Gasteiger partial charge is 0.336 e. The molecule has 0 saturated carbocycles. The van der Waals surface area contributed by atoms with Crippen molar-refractivity contribution in [3.63, 3.8) is 0 Å². The lowest BCUT2D eigenvalue weighted by Gasteiger charge is -2.33. The standard InChI is InChI=1S/C12H17N3O5S2/c1-9-3-4-12(21-9)15-6-5-14(7-10(15)16)11(17)8-20-22(18,19)13-2/h3-4,13H,5-8H2,1-2H3. The van der Waals surface area contributed by atoms with E-state index in [2.05, 4.69) is 4.18 Å². The summed E-state index contributed by atoms with van der Waals surface area (Å²) in [6.45, 7) is 1.97. The van der Waals surface area contributed by atoms with Gasteiger partial charge in [-0.1, -0.05) is 0 Å². The van der Waals surface area contributed by atoms with Crippen molar-refractivity contribution in [2.45, 2.75) is 6.92 Å². The molecular formula is C12H17N3O5S2. The Labute approximate surface area is 132 Å². The summed E-state index contributed by atoms with van der Waals surface area (Å²) in [5, 5.41) is 0.851. The third-order valence-electron chi connectivity index (χ3n) is 3.15. The Hall–Kier alpha value is -1.49. The van der Waals surface area contributed by atoms with Crippen molar-refractivity contribution in [2.24, 2.45) is 0 Å². The van der Waals surface area contributed by atoms with Crippen molar-refractivity contribution < 1.29 is 22.2 Å². The second-order valence-electron chi connectivity index (χ2n) is 4.67. The molecule has 2 rings (SSSR count). The molecule has 10 heteroatoms. The van der Waals surface area contributed by atoms with E-state index in [-0.39, 0.29) is 12.5 Å². The molecule has 8 nitrogen and oxygen atoms in total. The van der Waals surface area contributed by atoms with Crippen LogP contribution in [-0.4, -0.2) is 58.4 Å². The molecule has 1 aromatic rings. The van der Waals surface area contributed by atoms with Crippen LogP contribution in [0.5, 0.6) is 0 Å². The first kappa shape index (κ1) is 16.9. The lowest BCUT2D eigenvalue weighted by atomic mass is 10.3. The van der Waals surface area contributed by atoms with E-state index in [1.54, 1.807) is 4.90 Å². The molecule has 0 bridgehead atoms. The van der Waals surface area contributed by atoms with Gasteiger partial charge in [-0.25, -0.2) is 4.18 Å². The second-order valence-corrected chi connectivity index (χ2v) is 7.48. The highest BCUT2D eigenvalue weighted by atomic mass is 32.2. The molecule has 0 spiro atoms. The zero-order valence-electron chi connectivity index (χ0n) is 12.2. The van der Waals surface area contributed by atoms with Crippen LogP contribution in [0.4, 0.5) is 5.00 Å². The van der Waals surface area contributed by atoms with Crippen LogP contribution in [0, 0.1) is 6.92 Å². The minimum Gasteiger partial charge on any atom is -0.330 e. The Morgan fingerprint density at radius 2 is 2.14 bits per heavy atom. The number of anilines is 1. The summed E-state index contributed by atoms with van der Waals surface area (Å²) >= 11 is 1.51. The van der Waals surface area contributed by atoms with Gasteiger partial charge in [-0.05, 0) is 19.1 Å². The maximum absolute atomic E-state index is 12.1. The van der Waals surface area contributed by atoms with Crippen molar-refractivity contribution in [1.29, 1.82) is 0 Å². The predicted molar refractivity (Wildman–Crippen MR) is 81.9 cm³/mol. The Morgan fingerprint density at radius 3 is 2.68 bits per heavy atom. The van der Waals surface area contributed by atoms with Gasteiger partial charge in [-0.15, -0.1) is 11.3 Å². The van der Waals surface area contributed by atoms with Gasteiger partial charge < -0.3 is 9.80 Å². The summed E-state index contributed by atoms with van der Waals surface area (Å²) in [5.74, 6) is -0.730. The maximum Gasteiger partial charge on any atom is 0.336 e. The Kier molecular flexibility index (Phi) is 5.16. The molecule has 1 aromatic heterocycles.